The van der Waals surface area contributed by atoms with Crippen molar-refractivity contribution in [3.05, 3.63) is 11.8 Å². The molecule has 0 aliphatic carbocycles. The highest BCUT2D eigenvalue weighted by molar-refractivity contribution is 5.42. The summed E-state index contributed by atoms with van der Waals surface area (Å²) >= 11 is 0. The van der Waals surface area contributed by atoms with E-state index in [9.17, 15) is 0 Å². The van der Waals surface area contributed by atoms with E-state index in [1.165, 1.54) is 38.9 Å². The van der Waals surface area contributed by atoms with Crippen LogP contribution in [0.15, 0.2) is 6.07 Å². The van der Waals surface area contributed by atoms with E-state index in [0.717, 1.165) is 24.0 Å². The number of likely N-dealkylation sites (tertiary alicyclic amines) is 1. The predicted molar refractivity (Wildman–Crippen MR) is 79.9 cm³/mol. The molecule has 2 rings (SSSR count). The normalized spacial score (nSPS) is 15.7. The minimum absolute atomic E-state index is 0.766. The summed E-state index contributed by atoms with van der Waals surface area (Å²) in [5.74, 6) is 1.69. The van der Waals surface area contributed by atoms with Gasteiger partial charge in [-0.15, -0.1) is 0 Å². The van der Waals surface area contributed by atoms with E-state index in [0.29, 0.717) is 0 Å². The summed E-state index contributed by atoms with van der Waals surface area (Å²) in [5, 5.41) is 3.40. The van der Waals surface area contributed by atoms with E-state index in [1.807, 2.05) is 32.0 Å². The van der Waals surface area contributed by atoms with E-state index < -0.39 is 0 Å². The molecule has 1 N–H and O–H groups in total. The van der Waals surface area contributed by atoms with Crippen LogP contribution >= 0.6 is 0 Å². The molecule has 1 aromatic rings. The number of hydrogen-bond donors (Lipinski definition) is 1. The monoisotopic (exact) mass is 263 g/mol. The zero-order chi connectivity index (χ0) is 13.7. The Balaban J connectivity index is 1.78. The molecule has 0 atom stereocenters. The molecule has 0 saturated carbocycles. The Hall–Kier alpha value is -1.36. The summed E-state index contributed by atoms with van der Waals surface area (Å²) in [6.07, 6.45) is 3.90. The third-order valence-electron chi connectivity index (χ3n) is 3.40. The van der Waals surface area contributed by atoms with Crippen LogP contribution in [0.25, 0.3) is 0 Å². The third kappa shape index (κ3) is 4.35. The Labute approximate surface area is 116 Å². The van der Waals surface area contributed by atoms with E-state index in [-0.39, 0.29) is 0 Å². The fourth-order valence-electron chi connectivity index (χ4n) is 2.37. The van der Waals surface area contributed by atoms with Gasteiger partial charge in [-0.1, -0.05) is 0 Å². The standard InChI is InChI=1S/C14H25N5/c1-12-11-13(17-14(16-12)18(2)3)15-7-6-10-19-8-4-5-9-19/h11H,4-10H2,1-3H3,(H,15,16,17). The van der Waals surface area contributed by atoms with Gasteiger partial charge in [-0.2, -0.15) is 4.98 Å². The summed E-state index contributed by atoms with van der Waals surface area (Å²) in [6.45, 7) is 6.72. The molecule has 1 aliphatic heterocycles. The molecule has 0 radical (unpaired) electrons. The molecule has 106 valence electrons. The summed E-state index contributed by atoms with van der Waals surface area (Å²) in [4.78, 5) is 13.4. The van der Waals surface area contributed by atoms with Gasteiger partial charge >= 0.3 is 0 Å². The molecule has 19 heavy (non-hydrogen) atoms. The zero-order valence-electron chi connectivity index (χ0n) is 12.3. The number of anilines is 2. The topological polar surface area (TPSA) is 44.3 Å². The molecule has 0 bridgehead atoms. The van der Waals surface area contributed by atoms with Crippen LogP contribution in [0.1, 0.15) is 25.0 Å². The molecule has 5 heteroatoms. The van der Waals surface area contributed by atoms with Crippen molar-refractivity contribution in [2.45, 2.75) is 26.2 Å². The summed E-state index contributed by atoms with van der Waals surface area (Å²) in [5.41, 5.74) is 1.00. The highest BCUT2D eigenvalue weighted by Gasteiger charge is 2.10. The van der Waals surface area contributed by atoms with Crippen molar-refractivity contribution in [2.75, 3.05) is 50.5 Å². The molecule has 2 heterocycles. The fraction of sp³-hybridized carbons (Fsp3) is 0.714. The van der Waals surface area contributed by atoms with Crippen LogP contribution in [0, 0.1) is 6.92 Å². The average Bonchev–Trinajstić information content (AvgIpc) is 2.87. The summed E-state index contributed by atoms with van der Waals surface area (Å²) in [6, 6.07) is 2.00. The largest absolute Gasteiger partial charge is 0.370 e. The quantitative estimate of drug-likeness (QED) is 0.792. The molecule has 1 aromatic heterocycles. The van der Waals surface area contributed by atoms with Gasteiger partial charge in [0.2, 0.25) is 5.95 Å². The first-order chi connectivity index (χ1) is 9.15. The molecule has 0 spiro atoms. The molecular weight excluding hydrogens is 238 g/mol. The Morgan fingerprint density at radius 3 is 2.68 bits per heavy atom. The molecule has 1 fully saturated rings. The van der Waals surface area contributed by atoms with Gasteiger partial charge in [-0.05, 0) is 45.8 Å². The maximum Gasteiger partial charge on any atom is 0.226 e. The minimum Gasteiger partial charge on any atom is -0.370 e. The van der Waals surface area contributed by atoms with Crippen molar-refractivity contribution in [3.8, 4) is 0 Å². The number of nitrogens with one attached hydrogen (secondary N) is 1. The van der Waals surface area contributed by atoms with Crippen molar-refractivity contribution in [2.24, 2.45) is 0 Å². The maximum atomic E-state index is 4.49. The van der Waals surface area contributed by atoms with Crippen LogP contribution in [0.3, 0.4) is 0 Å². The smallest absolute Gasteiger partial charge is 0.226 e. The highest BCUT2D eigenvalue weighted by atomic mass is 15.2. The first-order valence-electron chi connectivity index (χ1n) is 7.14. The van der Waals surface area contributed by atoms with Gasteiger partial charge in [-0.25, -0.2) is 4.98 Å². The lowest BCUT2D eigenvalue weighted by Crippen LogP contribution is -2.22. The highest BCUT2D eigenvalue weighted by Crippen LogP contribution is 2.12. The number of aromatic nitrogens is 2. The molecule has 1 saturated heterocycles. The van der Waals surface area contributed by atoms with Gasteiger partial charge in [-0.3, -0.25) is 0 Å². The molecule has 0 aromatic carbocycles. The van der Waals surface area contributed by atoms with Crippen LogP contribution < -0.4 is 10.2 Å². The van der Waals surface area contributed by atoms with Gasteiger partial charge in [0.05, 0.1) is 0 Å². The van der Waals surface area contributed by atoms with Gasteiger partial charge in [0, 0.05) is 32.4 Å². The van der Waals surface area contributed by atoms with Crippen LogP contribution in [0.5, 0.6) is 0 Å². The molecular formula is C14H25N5. The summed E-state index contributed by atoms with van der Waals surface area (Å²) < 4.78 is 0. The number of rotatable bonds is 6. The molecule has 0 unspecified atom stereocenters. The third-order valence-corrected chi connectivity index (χ3v) is 3.40. The second-order valence-corrected chi connectivity index (χ2v) is 5.42. The van der Waals surface area contributed by atoms with Crippen molar-refractivity contribution < 1.29 is 0 Å². The summed E-state index contributed by atoms with van der Waals surface area (Å²) in [7, 11) is 3.93. The number of aryl methyl sites for hydroxylation is 1. The second kappa shape index (κ2) is 6.70. The van der Waals surface area contributed by atoms with Crippen molar-refractivity contribution in [1.82, 2.24) is 14.9 Å². The van der Waals surface area contributed by atoms with Crippen LogP contribution in [0.2, 0.25) is 0 Å². The van der Waals surface area contributed by atoms with E-state index in [2.05, 4.69) is 20.2 Å². The maximum absolute atomic E-state index is 4.49. The molecule has 1 aliphatic rings. The van der Waals surface area contributed by atoms with Crippen LogP contribution in [-0.2, 0) is 0 Å². The lowest BCUT2D eigenvalue weighted by molar-refractivity contribution is 0.337. The predicted octanol–water partition coefficient (Wildman–Crippen LogP) is 1.75. The van der Waals surface area contributed by atoms with E-state index in [4.69, 9.17) is 0 Å². The lowest BCUT2D eigenvalue weighted by Gasteiger charge is -2.15. The SMILES string of the molecule is Cc1cc(NCCCN2CCCC2)nc(N(C)C)n1. The second-order valence-electron chi connectivity index (χ2n) is 5.42. The van der Waals surface area contributed by atoms with Crippen molar-refractivity contribution in [3.63, 3.8) is 0 Å². The average molecular weight is 263 g/mol. The van der Waals surface area contributed by atoms with Crippen molar-refractivity contribution in [1.29, 1.82) is 0 Å². The van der Waals surface area contributed by atoms with E-state index in [1.54, 1.807) is 0 Å². The van der Waals surface area contributed by atoms with E-state index >= 15 is 0 Å². The van der Waals surface area contributed by atoms with Gasteiger partial charge in [0.15, 0.2) is 0 Å². The van der Waals surface area contributed by atoms with Gasteiger partial charge < -0.3 is 15.1 Å². The first kappa shape index (κ1) is 14.1. The number of hydrogen-bond acceptors (Lipinski definition) is 5. The Morgan fingerprint density at radius 1 is 1.26 bits per heavy atom. The van der Waals surface area contributed by atoms with Gasteiger partial charge in [0.1, 0.15) is 5.82 Å². The minimum atomic E-state index is 0.766. The molecule has 5 nitrogen and oxygen atoms in total. The van der Waals surface area contributed by atoms with Crippen LogP contribution in [0.4, 0.5) is 11.8 Å². The first-order valence-corrected chi connectivity index (χ1v) is 7.14. The fourth-order valence-corrected chi connectivity index (χ4v) is 2.37. The van der Waals surface area contributed by atoms with Crippen molar-refractivity contribution >= 4 is 11.8 Å². The Bertz CT molecular complexity index is 399. The molecule has 0 amide bonds. The lowest BCUT2D eigenvalue weighted by atomic mass is 10.3. The number of nitrogens with zero attached hydrogens (tertiary/aromatic N) is 4. The zero-order valence-corrected chi connectivity index (χ0v) is 12.3. The van der Waals surface area contributed by atoms with Crippen LogP contribution in [-0.4, -0.2) is 55.1 Å². The van der Waals surface area contributed by atoms with Gasteiger partial charge in [0.25, 0.3) is 0 Å². The Kier molecular flexibility index (Phi) is 4.96. The Morgan fingerprint density at radius 2 is 2.00 bits per heavy atom.